The number of methoxy groups -OCH3 is 2. The lowest BCUT2D eigenvalue weighted by molar-refractivity contribution is -0.116. The van der Waals surface area contributed by atoms with Gasteiger partial charge >= 0.3 is 0 Å². The first kappa shape index (κ1) is 17.8. The standard InChI is InChI=1S/C17H20N2O4S/c1-22-13-9-12(10-14(11-13)23-2)19-16(20)6-3-7-18-17(21)15-5-4-8-24-15/h4-5,8-11H,3,6-7H2,1-2H3,(H,18,21)(H,19,20). The number of thiophene rings is 1. The third kappa shape index (κ3) is 5.27. The van der Waals surface area contributed by atoms with Crippen LogP contribution >= 0.6 is 11.3 Å². The third-order valence-corrected chi connectivity index (χ3v) is 4.11. The number of ether oxygens (including phenoxy) is 2. The van der Waals surface area contributed by atoms with E-state index in [2.05, 4.69) is 10.6 Å². The normalized spacial score (nSPS) is 10.1. The van der Waals surface area contributed by atoms with Gasteiger partial charge in [-0.05, 0) is 17.9 Å². The number of amides is 2. The highest BCUT2D eigenvalue weighted by Gasteiger charge is 2.08. The van der Waals surface area contributed by atoms with Gasteiger partial charge in [0.05, 0.1) is 19.1 Å². The van der Waals surface area contributed by atoms with E-state index < -0.39 is 0 Å². The minimum Gasteiger partial charge on any atom is -0.497 e. The number of hydrogen-bond donors (Lipinski definition) is 2. The Kier molecular flexibility index (Phi) is 6.62. The third-order valence-electron chi connectivity index (χ3n) is 3.25. The molecule has 24 heavy (non-hydrogen) atoms. The molecule has 0 bridgehead atoms. The van der Waals surface area contributed by atoms with Crippen molar-refractivity contribution in [1.82, 2.24) is 5.32 Å². The van der Waals surface area contributed by atoms with Crippen LogP contribution in [0, 0.1) is 0 Å². The Bertz CT molecular complexity index is 664. The summed E-state index contributed by atoms with van der Waals surface area (Å²) >= 11 is 1.39. The zero-order chi connectivity index (χ0) is 17.4. The second-order valence-electron chi connectivity index (χ2n) is 4.99. The largest absolute Gasteiger partial charge is 0.497 e. The molecule has 0 unspecified atom stereocenters. The van der Waals surface area contributed by atoms with Gasteiger partial charge in [0, 0.05) is 36.9 Å². The lowest BCUT2D eigenvalue weighted by Crippen LogP contribution is -2.24. The Hall–Kier alpha value is -2.54. The minimum atomic E-state index is -0.129. The zero-order valence-corrected chi connectivity index (χ0v) is 14.4. The van der Waals surface area contributed by atoms with Gasteiger partial charge in [-0.25, -0.2) is 0 Å². The van der Waals surface area contributed by atoms with Crippen molar-refractivity contribution in [2.45, 2.75) is 12.8 Å². The van der Waals surface area contributed by atoms with Crippen molar-refractivity contribution in [2.75, 3.05) is 26.1 Å². The first-order valence-corrected chi connectivity index (χ1v) is 8.35. The fraction of sp³-hybridized carbons (Fsp3) is 0.294. The van der Waals surface area contributed by atoms with Gasteiger partial charge in [-0.15, -0.1) is 11.3 Å². The molecule has 1 aromatic heterocycles. The molecule has 6 nitrogen and oxygen atoms in total. The molecule has 0 aliphatic carbocycles. The van der Waals surface area contributed by atoms with Crippen molar-refractivity contribution in [3.63, 3.8) is 0 Å². The van der Waals surface area contributed by atoms with Crippen molar-refractivity contribution < 1.29 is 19.1 Å². The second-order valence-corrected chi connectivity index (χ2v) is 5.93. The average molecular weight is 348 g/mol. The summed E-state index contributed by atoms with van der Waals surface area (Å²) in [5, 5.41) is 7.44. The van der Waals surface area contributed by atoms with E-state index >= 15 is 0 Å². The van der Waals surface area contributed by atoms with Crippen LogP contribution in [0.5, 0.6) is 11.5 Å². The summed E-state index contributed by atoms with van der Waals surface area (Å²) in [5.41, 5.74) is 0.610. The summed E-state index contributed by atoms with van der Waals surface area (Å²) in [6.45, 7) is 0.450. The lowest BCUT2D eigenvalue weighted by atomic mass is 10.2. The first-order chi connectivity index (χ1) is 11.6. The van der Waals surface area contributed by atoms with E-state index in [9.17, 15) is 9.59 Å². The molecule has 0 fully saturated rings. The highest BCUT2D eigenvalue weighted by molar-refractivity contribution is 7.12. The van der Waals surface area contributed by atoms with Gasteiger partial charge in [0.25, 0.3) is 5.91 Å². The summed E-state index contributed by atoms with van der Waals surface area (Å²) < 4.78 is 10.3. The molecular weight excluding hydrogens is 328 g/mol. The Morgan fingerprint density at radius 2 is 1.83 bits per heavy atom. The van der Waals surface area contributed by atoms with Gasteiger partial charge in [-0.2, -0.15) is 0 Å². The van der Waals surface area contributed by atoms with Crippen LogP contribution in [0.4, 0.5) is 5.69 Å². The number of anilines is 1. The number of carbonyl (C=O) groups excluding carboxylic acids is 2. The van der Waals surface area contributed by atoms with Crippen LogP contribution in [-0.4, -0.2) is 32.6 Å². The van der Waals surface area contributed by atoms with Crippen molar-refractivity contribution >= 4 is 28.8 Å². The van der Waals surface area contributed by atoms with Gasteiger partial charge in [-0.1, -0.05) is 6.07 Å². The molecule has 0 saturated heterocycles. The Labute approximate surface area is 144 Å². The monoisotopic (exact) mass is 348 g/mol. The first-order valence-electron chi connectivity index (χ1n) is 7.47. The van der Waals surface area contributed by atoms with Crippen LogP contribution in [0.15, 0.2) is 35.7 Å². The Morgan fingerprint density at radius 1 is 1.12 bits per heavy atom. The molecule has 0 spiro atoms. The maximum Gasteiger partial charge on any atom is 0.261 e. The van der Waals surface area contributed by atoms with E-state index in [-0.39, 0.29) is 11.8 Å². The molecule has 0 aliphatic rings. The highest BCUT2D eigenvalue weighted by Crippen LogP contribution is 2.25. The number of carbonyl (C=O) groups is 2. The Morgan fingerprint density at radius 3 is 2.42 bits per heavy atom. The minimum absolute atomic E-state index is 0.108. The smallest absolute Gasteiger partial charge is 0.261 e. The molecular formula is C17H20N2O4S. The fourth-order valence-electron chi connectivity index (χ4n) is 2.05. The van der Waals surface area contributed by atoms with Gasteiger partial charge < -0.3 is 20.1 Å². The number of hydrogen-bond acceptors (Lipinski definition) is 5. The molecule has 0 saturated carbocycles. The Balaban J connectivity index is 1.76. The number of nitrogens with one attached hydrogen (secondary N) is 2. The van der Waals surface area contributed by atoms with Crippen molar-refractivity contribution in [1.29, 1.82) is 0 Å². The molecule has 0 atom stereocenters. The lowest BCUT2D eigenvalue weighted by Gasteiger charge is -2.10. The van der Waals surface area contributed by atoms with Crippen molar-refractivity contribution in [3.05, 3.63) is 40.6 Å². The maximum atomic E-state index is 12.0. The number of benzene rings is 1. The van der Waals surface area contributed by atoms with Gasteiger partial charge in [-0.3, -0.25) is 9.59 Å². The molecule has 0 radical (unpaired) electrons. The van der Waals surface area contributed by atoms with Crippen LogP contribution in [0.3, 0.4) is 0 Å². The van der Waals surface area contributed by atoms with E-state index in [1.807, 2.05) is 11.4 Å². The fourth-order valence-corrected chi connectivity index (χ4v) is 2.69. The van der Waals surface area contributed by atoms with Gasteiger partial charge in [0.15, 0.2) is 0 Å². The zero-order valence-electron chi connectivity index (χ0n) is 13.6. The van der Waals surface area contributed by atoms with Crippen LogP contribution in [0.25, 0.3) is 0 Å². The maximum absolute atomic E-state index is 12.0. The molecule has 7 heteroatoms. The van der Waals surface area contributed by atoms with Gasteiger partial charge in [0.2, 0.25) is 5.91 Å². The average Bonchev–Trinajstić information content (AvgIpc) is 3.12. The SMILES string of the molecule is COc1cc(NC(=O)CCCNC(=O)c2cccs2)cc(OC)c1. The predicted molar refractivity (Wildman–Crippen MR) is 94.1 cm³/mol. The van der Waals surface area contributed by atoms with Crippen molar-refractivity contribution in [2.24, 2.45) is 0 Å². The molecule has 2 N–H and O–H groups in total. The summed E-state index contributed by atoms with van der Waals surface area (Å²) in [6, 6.07) is 8.77. The molecule has 128 valence electrons. The molecule has 0 aliphatic heterocycles. The van der Waals surface area contributed by atoms with Crippen LogP contribution in [-0.2, 0) is 4.79 Å². The summed E-state index contributed by atoms with van der Waals surface area (Å²) in [5.74, 6) is 0.972. The molecule has 1 aromatic carbocycles. The summed E-state index contributed by atoms with van der Waals surface area (Å²) in [4.78, 5) is 24.4. The van der Waals surface area contributed by atoms with E-state index in [1.54, 1.807) is 38.5 Å². The second kappa shape index (κ2) is 8.93. The van der Waals surface area contributed by atoms with E-state index in [4.69, 9.17) is 9.47 Å². The molecule has 1 heterocycles. The summed E-state index contributed by atoms with van der Waals surface area (Å²) in [6.07, 6.45) is 0.869. The van der Waals surface area contributed by atoms with E-state index in [0.717, 1.165) is 0 Å². The van der Waals surface area contributed by atoms with Crippen molar-refractivity contribution in [3.8, 4) is 11.5 Å². The van der Waals surface area contributed by atoms with E-state index in [0.29, 0.717) is 41.4 Å². The van der Waals surface area contributed by atoms with Crippen LogP contribution < -0.4 is 20.1 Å². The predicted octanol–water partition coefficient (Wildman–Crippen LogP) is 2.91. The number of rotatable bonds is 8. The van der Waals surface area contributed by atoms with Gasteiger partial charge in [0.1, 0.15) is 11.5 Å². The van der Waals surface area contributed by atoms with E-state index in [1.165, 1.54) is 11.3 Å². The topological polar surface area (TPSA) is 76.7 Å². The van der Waals surface area contributed by atoms with Crippen LogP contribution in [0.2, 0.25) is 0 Å². The van der Waals surface area contributed by atoms with Crippen LogP contribution in [0.1, 0.15) is 22.5 Å². The highest BCUT2D eigenvalue weighted by atomic mass is 32.1. The molecule has 2 amide bonds. The molecule has 2 rings (SSSR count). The quantitative estimate of drug-likeness (QED) is 0.719. The molecule has 2 aromatic rings. The summed E-state index contributed by atoms with van der Waals surface area (Å²) in [7, 11) is 3.10.